The normalized spacial score (nSPS) is 10.6. The Morgan fingerprint density at radius 3 is 2.76 bits per heavy atom. The van der Waals surface area contributed by atoms with Crippen LogP contribution in [0.2, 0.25) is 0 Å². The van der Waals surface area contributed by atoms with Gasteiger partial charge in [-0.15, -0.1) is 10.2 Å². The van der Waals surface area contributed by atoms with Crippen LogP contribution < -0.4 is 4.74 Å². The highest BCUT2D eigenvalue weighted by Crippen LogP contribution is 2.22. The van der Waals surface area contributed by atoms with E-state index in [2.05, 4.69) is 15.2 Å². The van der Waals surface area contributed by atoms with Gasteiger partial charge >= 0.3 is 0 Å². The Morgan fingerprint density at radius 1 is 1.18 bits per heavy atom. The van der Waals surface area contributed by atoms with Gasteiger partial charge in [-0.05, 0) is 24.3 Å². The third-order valence-corrected chi connectivity index (χ3v) is 2.58. The number of methoxy groups -OCH3 is 1. The van der Waals surface area contributed by atoms with Crippen molar-refractivity contribution in [3.8, 4) is 17.0 Å². The number of ether oxygens (including phenoxy) is 1. The van der Waals surface area contributed by atoms with Crippen LogP contribution in [0.15, 0.2) is 43.0 Å². The summed E-state index contributed by atoms with van der Waals surface area (Å²) in [5.41, 5.74) is 2.55. The summed E-state index contributed by atoms with van der Waals surface area (Å²) in [7, 11) is 1.65. The summed E-state index contributed by atoms with van der Waals surface area (Å²) in [6.45, 7) is 0. The lowest BCUT2D eigenvalue weighted by molar-refractivity contribution is 0.415. The van der Waals surface area contributed by atoms with Crippen molar-refractivity contribution in [1.29, 1.82) is 0 Å². The van der Waals surface area contributed by atoms with E-state index in [0.29, 0.717) is 0 Å². The second-order valence-corrected chi connectivity index (χ2v) is 3.57. The minimum Gasteiger partial charge on any atom is -0.497 e. The molecule has 0 amide bonds. The monoisotopic (exact) mass is 226 g/mol. The molecule has 0 spiro atoms. The molecule has 0 fully saturated rings. The average molecular weight is 226 g/mol. The van der Waals surface area contributed by atoms with Gasteiger partial charge in [0.2, 0.25) is 0 Å². The van der Waals surface area contributed by atoms with Crippen LogP contribution in [-0.2, 0) is 0 Å². The van der Waals surface area contributed by atoms with E-state index in [1.165, 1.54) is 0 Å². The zero-order chi connectivity index (χ0) is 11.7. The van der Waals surface area contributed by atoms with Crippen LogP contribution in [0.4, 0.5) is 0 Å². The lowest BCUT2D eigenvalue weighted by atomic mass is 10.1. The van der Waals surface area contributed by atoms with E-state index in [9.17, 15) is 0 Å². The first-order chi connectivity index (χ1) is 8.38. The van der Waals surface area contributed by atoms with Crippen LogP contribution >= 0.6 is 0 Å². The average Bonchev–Trinajstić information content (AvgIpc) is 2.87. The van der Waals surface area contributed by atoms with E-state index in [0.717, 1.165) is 22.7 Å². The second-order valence-electron chi connectivity index (χ2n) is 3.57. The fourth-order valence-electron chi connectivity index (χ4n) is 1.71. The third-order valence-electron chi connectivity index (χ3n) is 2.58. The Morgan fingerprint density at radius 2 is 2.00 bits per heavy atom. The summed E-state index contributed by atoms with van der Waals surface area (Å²) >= 11 is 0. The highest BCUT2D eigenvalue weighted by Gasteiger charge is 2.07. The first-order valence-corrected chi connectivity index (χ1v) is 5.17. The van der Waals surface area contributed by atoms with E-state index in [1.54, 1.807) is 19.6 Å². The Kier molecular flexibility index (Phi) is 2.22. The summed E-state index contributed by atoms with van der Waals surface area (Å²) in [6.07, 6.45) is 5.21. The number of rotatable bonds is 2. The van der Waals surface area contributed by atoms with Crippen molar-refractivity contribution in [2.75, 3.05) is 7.11 Å². The Hall–Kier alpha value is -2.43. The Bertz CT molecular complexity index is 645. The molecule has 0 saturated carbocycles. The maximum atomic E-state index is 5.12. The van der Waals surface area contributed by atoms with Crippen LogP contribution in [0, 0.1) is 0 Å². The molecule has 1 aromatic carbocycles. The van der Waals surface area contributed by atoms with Gasteiger partial charge in [-0.25, -0.2) is 0 Å². The van der Waals surface area contributed by atoms with Crippen LogP contribution in [0.3, 0.4) is 0 Å². The van der Waals surface area contributed by atoms with Crippen molar-refractivity contribution in [3.63, 3.8) is 0 Å². The zero-order valence-corrected chi connectivity index (χ0v) is 9.24. The standard InChI is InChI=1S/C12H10N4O/c1-17-10-4-2-9(3-5-10)11-12-15-14-8-16(12)7-6-13-11/h2-8H,1H3. The topological polar surface area (TPSA) is 52.3 Å². The molecule has 0 saturated heterocycles. The van der Waals surface area contributed by atoms with Crippen molar-refractivity contribution in [2.24, 2.45) is 0 Å². The fraction of sp³-hybridized carbons (Fsp3) is 0.0833. The number of hydrogen-bond donors (Lipinski definition) is 0. The lowest BCUT2D eigenvalue weighted by Crippen LogP contribution is -1.91. The highest BCUT2D eigenvalue weighted by atomic mass is 16.5. The summed E-state index contributed by atoms with van der Waals surface area (Å²) in [5, 5.41) is 7.93. The maximum absolute atomic E-state index is 5.12. The first-order valence-electron chi connectivity index (χ1n) is 5.17. The quantitative estimate of drug-likeness (QED) is 0.668. The summed E-state index contributed by atoms with van der Waals surface area (Å²) in [4.78, 5) is 4.34. The predicted molar refractivity (Wildman–Crippen MR) is 62.8 cm³/mol. The molecule has 3 aromatic rings. The SMILES string of the molecule is COc1ccc(-c2nccn3cnnc23)cc1. The predicted octanol–water partition coefficient (Wildman–Crippen LogP) is 1.80. The van der Waals surface area contributed by atoms with E-state index < -0.39 is 0 Å². The number of benzene rings is 1. The maximum Gasteiger partial charge on any atom is 0.187 e. The molecule has 0 aliphatic carbocycles. The highest BCUT2D eigenvalue weighted by molar-refractivity contribution is 5.73. The van der Waals surface area contributed by atoms with Crippen molar-refractivity contribution >= 4 is 5.65 Å². The van der Waals surface area contributed by atoms with Gasteiger partial charge in [0.15, 0.2) is 5.65 Å². The van der Waals surface area contributed by atoms with E-state index >= 15 is 0 Å². The largest absolute Gasteiger partial charge is 0.497 e. The van der Waals surface area contributed by atoms with Gasteiger partial charge in [0, 0.05) is 18.0 Å². The molecule has 2 aromatic heterocycles. The summed E-state index contributed by atoms with van der Waals surface area (Å²) < 4.78 is 6.96. The molecule has 0 bridgehead atoms. The van der Waals surface area contributed by atoms with Crippen molar-refractivity contribution in [1.82, 2.24) is 19.6 Å². The van der Waals surface area contributed by atoms with E-state index in [-0.39, 0.29) is 0 Å². The molecule has 0 radical (unpaired) electrons. The Labute approximate surface area is 97.7 Å². The minimum atomic E-state index is 0.748. The van der Waals surface area contributed by atoms with Crippen LogP contribution in [0.5, 0.6) is 5.75 Å². The fourth-order valence-corrected chi connectivity index (χ4v) is 1.71. The molecular weight excluding hydrogens is 216 g/mol. The summed E-state index contributed by atoms with van der Waals surface area (Å²) in [6, 6.07) is 7.71. The van der Waals surface area contributed by atoms with Gasteiger partial charge < -0.3 is 4.74 Å². The van der Waals surface area contributed by atoms with Gasteiger partial charge in [-0.3, -0.25) is 9.38 Å². The van der Waals surface area contributed by atoms with Gasteiger partial charge in [0.1, 0.15) is 17.8 Å². The van der Waals surface area contributed by atoms with Crippen LogP contribution in [0.25, 0.3) is 16.9 Å². The third kappa shape index (κ3) is 1.61. The van der Waals surface area contributed by atoms with Gasteiger partial charge in [-0.2, -0.15) is 0 Å². The van der Waals surface area contributed by atoms with Crippen molar-refractivity contribution < 1.29 is 4.74 Å². The molecule has 2 heterocycles. The molecule has 0 N–H and O–H groups in total. The van der Waals surface area contributed by atoms with E-state index in [4.69, 9.17) is 4.74 Å². The molecule has 0 aliphatic heterocycles. The molecule has 5 heteroatoms. The first kappa shape index (κ1) is 9.77. The molecular formula is C12H10N4O. The molecule has 3 rings (SSSR count). The molecule has 84 valence electrons. The number of aromatic nitrogens is 4. The van der Waals surface area contributed by atoms with E-state index in [1.807, 2.05) is 34.9 Å². The van der Waals surface area contributed by atoms with Crippen LogP contribution in [0.1, 0.15) is 0 Å². The van der Waals surface area contributed by atoms with Crippen molar-refractivity contribution in [3.05, 3.63) is 43.0 Å². The van der Waals surface area contributed by atoms with Crippen molar-refractivity contribution in [2.45, 2.75) is 0 Å². The lowest BCUT2D eigenvalue weighted by Gasteiger charge is -2.03. The number of hydrogen-bond acceptors (Lipinski definition) is 4. The second kappa shape index (κ2) is 3.86. The molecule has 17 heavy (non-hydrogen) atoms. The van der Waals surface area contributed by atoms with Crippen LogP contribution in [-0.4, -0.2) is 26.7 Å². The van der Waals surface area contributed by atoms with Gasteiger partial charge in [0.05, 0.1) is 7.11 Å². The zero-order valence-electron chi connectivity index (χ0n) is 9.24. The molecule has 0 aliphatic rings. The van der Waals surface area contributed by atoms with Gasteiger partial charge in [0.25, 0.3) is 0 Å². The summed E-state index contributed by atoms with van der Waals surface area (Å²) in [5.74, 6) is 0.821. The molecule has 0 atom stereocenters. The van der Waals surface area contributed by atoms with Gasteiger partial charge in [-0.1, -0.05) is 0 Å². The smallest absolute Gasteiger partial charge is 0.187 e. The molecule has 0 unspecified atom stereocenters. The molecule has 5 nitrogen and oxygen atoms in total. The minimum absolute atomic E-state index is 0.748. The number of nitrogens with zero attached hydrogens (tertiary/aromatic N) is 4. The Balaban J connectivity index is 2.16. The number of fused-ring (bicyclic) bond motifs is 1.